The lowest BCUT2D eigenvalue weighted by molar-refractivity contribution is -0.132. The first-order valence-electron chi connectivity index (χ1n) is 8.36. The van der Waals surface area contributed by atoms with Gasteiger partial charge in [0.1, 0.15) is 0 Å². The zero-order valence-corrected chi connectivity index (χ0v) is 15.8. The van der Waals surface area contributed by atoms with Crippen LogP contribution in [0.4, 0.5) is 0 Å². The third-order valence-corrected chi connectivity index (χ3v) is 6.28. The Labute approximate surface area is 156 Å². The number of nitrogens with one attached hydrogen (secondary N) is 1. The number of nitrogens with zero attached hydrogens (tertiary/aromatic N) is 1. The number of halogens is 1. The van der Waals surface area contributed by atoms with E-state index in [-0.39, 0.29) is 17.7 Å². The average Bonchev–Trinajstić information content (AvgIpc) is 2.94. The minimum absolute atomic E-state index is 0.0296. The number of aryl methyl sites for hydroxylation is 1. The number of hydrogen-bond acceptors (Lipinski definition) is 3. The third-order valence-electron chi connectivity index (χ3n) is 4.77. The third kappa shape index (κ3) is 3.88. The van der Waals surface area contributed by atoms with E-state index in [1.165, 1.54) is 16.3 Å². The zero-order valence-electron chi connectivity index (χ0n) is 14.2. The Morgan fingerprint density at radius 3 is 2.80 bits per heavy atom. The lowest BCUT2D eigenvalue weighted by Crippen LogP contribution is -2.42. The van der Waals surface area contributed by atoms with Gasteiger partial charge in [-0.3, -0.25) is 9.59 Å². The van der Waals surface area contributed by atoms with Crippen LogP contribution < -0.4 is 5.32 Å². The van der Waals surface area contributed by atoms with Crippen LogP contribution in [0.2, 0.25) is 5.02 Å². The molecule has 1 N–H and O–H groups in total. The molecule has 1 aromatic carbocycles. The summed E-state index contributed by atoms with van der Waals surface area (Å²) in [6, 6.07) is 5.88. The van der Waals surface area contributed by atoms with Gasteiger partial charge in [0.05, 0.1) is 6.54 Å². The van der Waals surface area contributed by atoms with E-state index in [0.717, 1.165) is 15.3 Å². The summed E-state index contributed by atoms with van der Waals surface area (Å²) in [5.41, 5.74) is 1.18. The van der Waals surface area contributed by atoms with Crippen LogP contribution in [0.15, 0.2) is 30.9 Å². The van der Waals surface area contributed by atoms with E-state index in [9.17, 15) is 9.59 Å². The van der Waals surface area contributed by atoms with Gasteiger partial charge in [-0.2, -0.15) is 0 Å². The van der Waals surface area contributed by atoms with Crippen LogP contribution in [-0.4, -0.2) is 29.8 Å². The maximum atomic E-state index is 12.4. The predicted octanol–water partition coefficient (Wildman–Crippen LogP) is 3.90. The number of fused-ring (bicyclic) bond motifs is 1. The molecule has 132 valence electrons. The van der Waals surface area contributed by atoms with E-state index in [1.807, 2.05) is 18.2 Å². The fraction of sp³-hybridized carbons (Fsp3) is 0.368. The van der Waals surface area contributed by atoms with Crippen LogP contribution >= 0.6 is 22.9 Å². The molecule has 0 unspecified atom stereocenters. The van der Waals surface area contributed by atoms with Crippen molar-refractivity contribution in [2.24, 2.45) is 5.92 Å². The van der Waals surface area contributed by atoms with Crippen molar-refractivity contribution in [3.05, 3.63) is 46.3 Å². The van der Waals surface area contributed by atoms with Gasteiger partial charge in [0.15, 0.2) is 0 Å². The normalized spacial score (nSPS) is 15.4. The summed E-state index contributed by atoms with van der Waals surface area (Å²) in [5, 5.41) is 4.94. The Hall–Kier alpha value is -1.85. The van der Waals surface area contributed by atoms with Gasteiger partial charge in [-0.25, -0.2) is 0 Å². The lowest BCUT2D eigenvalue weighted by atomic mass is 9.96. The second-order valence-corrected chi connectivity index (χ2v) is 7.89. The summed E-state index contributed by atoms with van der Waals surface area (Å²) < 4.78 is 1.18. The standard InChI is InChI=1S/C19H21ClN2O2S/c1-3-18(23)22-8-6-13(7-9-22)19(24)21-11-17-12(2)15-10-14(20)4-5-16(15)25-17/h3-5,10,13H,1,6-9,11H2,2H3,(H,21,24). The number of piperidine rings is 1. The first-order valence-corrected chi connectivity index (χ1v) is 9.55. The minimum Gasteiger partial charge on any atom is -0.351 e. The monoisotopic (exact) mass is 376 g/mol. The average molecular weight is 377 g/mol. The predicted molar refractivity (Wildman–Crippen MR) is 103 cm³/mol. The summed E-state index contributed by atoms with van der Waals surface area (Å²) in [5.74, 6) is -0.0167. The van der Waals surface area contributed by atoms with Gasteiger partial charge in [0.25, 0.3) is 0 Å². The van der Waals surface area contributed by atoms with Crippen LogP contribution in [0.25, 0.3) is 10.1 Å². The molecule has 0 radical (unpaired) electrons. The lowest BCUT2D eigenvalue weighted by Gasteiger charge is -2.30. The van der Waals surface area contributed by atoms with E-state index in [0.29, 0.717) is 32.5 Å². The Balaban J connectivity index is 1.59. The second-order valence-electron chi connectivity index (χ2n) is 6.31. The molecule has 0 spiro atoms. The van der Waals surface area contributed by atoms with Crippen LogP contribution in [0.1, 0.15) is 23.3 Å². The number of likely N-dealkylation sites (tertiary alicyclic amines) is 1. The summed E-state index contributed by atoms with van der Waals surface area (Å²) in [4.78, 5) is 27.0. The van der Waals surface area contributed by atoms with Gasteiger partial charge in [-0.15, -0.1) is 11.3 Å². The molecule has 0 bridgehead atoms. The SMILES string of the molecule is C=CC(=O)N1CCC(C(=O)NCc2sc3ccc(Cl)cc3c2C)CC1. The molecule has 2 heterocycles. The Bertz CT molecular complexity index is 822. The molecule has 4 nitrogen and oxygen atoms in total. The van der Waals surface area contributed by atoms with Crippen molar-refractivity contribution in [3.63, 3.8) is 0 Å². The van der Waals surface area contributed by atoms with E-state index in [2.05, 4.69) is 18.8 Å². The number of carbonyl (C=O) groups is 2. The molecule has 0 atom stereocenters. The maximum absolute atomic E-state index is 12.4. The molecule has 1 fully saturated rings. The quantitative estimate of drug-likeness (QED) is 0.822. The van der Waals surface area contributed by atoms with Gasteiger partial charge in [0, 0.05) is 33.6 Å². The van der Waals surface area contributed by atoms with Crippen molar-refractivity contribution in [1.29, 1.82) is 0 Å². The Morgan fingerprint density at radius 2 is 2.12 bits per heavy atom. The van der Waals surface area contributed by atoms with Gasteiger partial charge >= 0.3 is 0 Å². The van der Waals surface area contributed by atoms with Crippen molar-refractivity contribution in [3.8, 4) is 0 Å². The highest BCUT2D eigenvalue weighted by atomic mass is 35.5. The molecule has 1 aliphatic heterocycles. The van der Waals surface area contributed by atoms with Crippen molar-refractivity contribution in [2.45, 2.75) is 26.3 Å². The van der Waals surface area contributed by atoms with Crippen LogP contribution in [0, 0.1) is 12.8 Å². The molecule has 1 aromatic heterocycles. The van der Waals surface area contributed by atoms with E-state index in [4.69, 9.17) is 11.6 Å². The van der Waals surface area contributed by atoms with Crippen LogP contribution in [-0.2, 0) is 16.1 Å². The highest BCUT2D eigenvalue weighted by molar-refractivity contribution is 7.19. The highest BCUT2D eigenvalue weighted by Gasteiger charge is 2.26. The van der Waals surface area contributed by atoms with E-state index in [1.54, 1.807) is 16.2 Å². The smallest absolute Gasteiger partial charge is 0.245 e. The molecule has 1 saturated heterocycles. The van der Waals surface area contributed by atoms with Gasteiger partial charge in [-0.1, -0.05) is 18.2 Å². The summed E-state index contributed by atoms with van der Waals surface area (Å²) in [6.45, 7) is 7.34. The molecular formula is C19H21ClN2O2S. The first kappa shape index (κ1) is 18.0. The van der Waals surface area contributed by atoms with E-state index < -0.39 is 0 Å². The number of hydrogen-bond donors (Lipinski definition) is 1. The summed E-state index contributed by atoms with van der Waals surface area (Å²) in [7, 11) is 0. The van der Waals surface area contributed by atoms with Crippen molar-refractivity contribution >= 4 is 44.8 Å². The zero-order chi connectivity index (χ0) is 18.0. The molecule has 1 aliphatic rings. The van der Waals surface area contributed by atoms with Crippen molar-refractivity contribution in [2.75, 3.05) is 13.1 Å². The largest absolute Gasteiger partial charge is 0.351 e. The number of benzene rings is 1. The summed E-state index contributed by atoms with van der Waals surface area (Å²) >= 11 is 7.77. The van der Waals surface area contributed by atoms with E-state index >= 15 is 0 Å². The molecule has 0 aliphatic carbocycles. The second kappa shape index (κ2) is 7.58. The Kier molecular flexibility index (Phi) is 5.45. The maximum Gasteiger partial charge on any atom is 0.245 e. The highest BCUT2D eigenvalue weighted by Crippen LogP contribution is 2.32. The van der Waals surface area contributed by atoms with Crippen LogP contribution in [0.3, 0.4) is 0 Å². The van der Waals surface area contributed by atoms with Gasteiger partial charge in [-0.05, 0) is 55.0 Å². The molecular weight excluding hydrogens is 356 g/mol. The topological polar surface area (TPSA) is 49.4 Å². The molecule has 0 saturated carbocycles. The number of thiophene rings is 1. The van der Waals surface area contributed by atoms with Gasteiger partial charge in [0.2, 0.25) is 11.8 Å². The molecule has 6 heteroatoms. The number of carbonyl (C=O) groups excluding carboxylic acids is 2. The Morgan fingerprint density at radius 1 is 1.40 bits per heavy atom. The van der Waals surface area contributed by atoms with Gasteiger partial charge < -0.3 is 10.2 Å². The van der Waals surface area contributed by atoms with Crippen molar-refractivity contribution < 1.29 is 9.59 Å². The minimum atomic E-state index is -0.0570. The molecule has 2 amide bonds. The molecule has 2 aromatic rings. The summed E-state index contributed by atoms with van der Waals surface area (Å²) in [6.07, 6.45) is 2.73. The van der Waals surface area contributed by atoms with Crippen LogP contribution in [0.5, 0.6) is 0 Å². The fourth-order valence-electron chi connectivity index (χ4n) is 3.22. The first-order chi connectivity index (χ1) is 12.0. The number of amides is 2. The fourth-order valence-corrected chi connectivity index (χ4v) is 4.52. The van der Waals surface area contributed by atoms with Crippen molar-refractivity contribution in [1.82, 2.24) is 10.2 Å². The molecule has 3 rings (SSSR count). The number of rotatable bonds is 4. The molecule has 25 heavy (non-hydrogen) atoms.